The summed E-state index contributed by atoms with van der Waals surface area (Å²) in [7, 11) is 1.73. The average Bonchev–Trinajstić information content (AvgIpc) is 3.53. The summed E-state index contributed by atoms with van der Waals surface area (Å²) in [6.07, 6.45) is 4.24. The van der Waals surface area contributed by atoms with Gasteiger partial charge in [-0.3, -0.25) is 4.90 Å². The Bertz CT molecular complexity index is 1110. The molecule has 4 heterocycles. The Morgan fingerprint density at radius 3 is 2.93 bits per heavy atom. The van der Waals surface area contributed by atoms with Crippen LogP contribution in [0.1, 0.15) is 17.8 Å². The standard InChI is InChI=1S/C24H25N3O3/c1-28-20-5-3-2-4-18(20)19-12-25-23-11-24(15-27(19)23)8-9-26(14-24)13-17-6-7-21-22(10-17)30-16-29-21/h2-7,10,12H,8-9,11,13-16H2,1H3/t24-/m0/s1. The molecule has 1 aromatic heterocycles. The Kier molecular flexibility index (Phi) is 4.03. The van der Waals surface area contributed by atoms with Crippen molar-refractivity contribution in [2.45, 2.75) is 25.9 Å². The molecule has 0 amide bonds. The summed E-state index contributed by atoms with van der Waals surface area (Å²) >= 11 is 0. The van der Waals surface area contributed by atoms with E-state index in [2.05, 4.69) is 33.7 Å². The number of ether oxygens (including phenoxy) is 3. The number of fused-ring (bicyclic) bond motifs is 2. The lowest BCUT2D eigenvalue weighted by Gasteiger charge is -2.24. The van der Waals surface area contributed by atoms with Gasteiger partial charge in [-0.1, -0.05) is 18.2 Å². The number of likely N-dealkylation sites (tertiary alicyclic amines) is 1. The SMILES string of the molecule is COc1ccccc1-c1cnc2n1C[C@@]1(CCN(Cc3ccc4c(c3)OCO4)C1)C2. The van der Waals surface area contributed by atoms with Gasteiger partial charge in [0.25, 0.3) is 0 Å². The quantitative estimate of drug-likeness (QED) is 0.664. The van der Waals surface area contributed by atoms with Crippen LogP contribution in [0.15, 0.2) is 48.7 Å². The summed E-state index contributed by atoms with van der Waals surface area (Å²) in [6.45, 7) is 4.50. The number of rotatable bonds is 4. The first-order valence-corrected chi connectivity index (χ1v) is 10.5. The minimum atomic E-state index is 0.275. The molecule has 3 aromatic rings. The second-order valence-corrected chi connectivity index (χ2v) is 8.67. The Balaban J connectivity index is 1.20. The molecule has 3 aliphatic heterocycles. The van der Waals surface area contributed by atoms with Crippen molar-refractivity contribution in [2.24, 2.45) is 5.41 Å². The lowest BCUT2D eigenvalue weighted by molar-refractivity contribution is 0.174. The van der Waals surface area contributed by atoms with Gasteiger partial charge in [0.05, 0.1) is 19.0 Å². The van der Waals surface area contributed by atoms with Crippen LogP contribution < -0.4 is 14.2 Å². The van der Waals surface area contributed by atoms with Crippen LogP contribution in [0.25, 0.3) is 11.3 Å². The molecule has 3 aliphatic rings. The van der Waals surface area contributed by atoms with Gasteiger partial charge >= 0.3 is 0 Å². The van der Waals surface area contributed by atoms with Crippen LogP contribution in [0.5, 0.6) is 17.2 Å². The first kappa shape index (κ1) is 17.8. The molecule has 154 valence electrons. The smallest absolute Gasteiger partial charge is 0.231 e. The molecule has 0 saturated carbocycles. The van der Waals surface area contributed by atoms with Crippen molar-refractivity contribution >= 4 is 0 Å². The minimum absolute atomic E-state index is 0.275. The largest absolute Gasteiger partial charge is 0.496 e. The molecule has 1 atom stereocenters. The third-order valence-electron chi connectivity index (χ3n) is 6.71. The van der Waals surface area contributed by atoms with Crippen molar-refractivity contribution < 1.29 is 14.2 Å². The van der Waals surface area contributed by atoms with E-state index < -0.39 is 0 Å². The number of nitrogens with zero attached hydrogens (tertiary/aromatic N) is 3. The fourth-order valence-corrected chi connectivity index (χ4v) is 5.26. The van der Waals surface area contributed by atoms with E-state index in [4.69, 9.17) is 19.2 Å². The van der Waals surface area contributed by atoms with Gasteiger partial charge < -0.3 is 18.8 Å². The number of para-hydroxylation sites is 1. The lowest BCUT2D eigenvalue weighted by Crippen LogP contribution is -2.28. The average molecular weight is 403 g/mol. The maximum atomic E-state index is 5.59. The van der Waals surface area contributed by atoms with Crippen molar-refractivity contribution in [3.63, 3.8) is 0 Å². The second-order valence-electron chi connectivity index (χ2n) is 8.67. The highest BCUT2D eigenvalue weighted by molar-refractivity contribution is 5.67. The third kappa shape index (κ3) is 2.86. The zero-order valence-electron chi connectivity index (χ0n) is 17.1. The highest BCUT2D eigenvalue weighted by Gasteiger charge is 2.44. The fourth-order valence-electron chi connectivity index (χ4n) is 5.26. The van der Waals surface area contributed by atoms with E-state index in [1.54, 1.807) is 7.11 Å². The lowest BCUT2D eigenvalue weighted by atomic mass is 9.86. The molecule has 30 heavy (non-hydrogen) atoms. The predicted octanol–water partition coefficient (Wildman–Crippen LogP) is 3.74. The zero-order valence-corrected chi connectivity index (χ0v) is 17.1. The fraction of sp³-hybridized carbons (Fsp3) is 0.375. The number of imidazole rings is 1. The van der Waals surface area contributed by atoms with Gasteiger partial charge in [-0.05, 0) is 42.8 Å². The molecule has 1 saturated heterocycles. The molecule has 2 aromatic carbocycles. The molecule has 0 N–H and O–H groups in total. The Morgan fingerprint density at radius 2 is 2.00 bits per heavy atom. The number of hydrogen-bond donors (Lipinski definition) is 0. The van der Waals surface area contributed by atoms with Gasteiger partial charge in [0, 0.05) is 37.0 Å². The van der Waals surface area contributed by atoms with Crippen LogP contribution in [0.2, 0.25) is 0 Å². The van der Waals surface area contributed by atoms with Gasteiger partial charge in [-0.15, -0.1) is 0 Å². The number of aromatic nitrogens is 2. The van der Waals surface area contributed by atoms with Crippen LogP contribution in [-0.4, -0.2) is 41.4 Å². The maximum Gasteiger partial charge on any atom is 0.231 e. The highest BCUT2D eigenvalue weighted by atomic mass is 16.7. The summed E-state index contributed by atoms with van der Waals surface area (Å²) in [5.41, 5.74) is 3.83. The van der Waals surface area contributed by atoms with E-state index >= 15 is 0 Å². The highest BCUT2D eigenvalue weighted by Crippen LogP contribution is 2.44. The van der Waals surface area contributed by atoms with Crippen molar-refractivity contribution in [1.29, 1.82) is 0 Å². The summed E-state index contributed by atoms with van der Waals surface area (Å²) in [5, 5.41) is 0. The predicted molar refractivity (Wildman–Crippen MR) is 113 cm³/mol. The Labute approximate surface area is 176 Å². The van der Waals surface area contributed by atoms with E-state index in [0.717, 1.165) is 61.1 Å². The van der Waals surface area contributed by atoms with Crippen molar-refractivity contribution in [1.82, 2.24) is 14.5 Å². The molecule has 6 rings (SSSR count). The normalized spacial score (nSPS) is 22.0. The van der Waals surface area contributed by atoms with E-state index in [0.29, 0.717) is 6.79 Å². The second kappa shape index (κ2) is 6.77. The van der Waals surface area contributed by atoms with Crippen molar-refractivity contribution in [2.75, 3.05) is 27.0 Å². The van der Waals surface area contributed by atoms with Crippen LogP contribution in [-0.2, 0) is 19.5 Å². The molecule has 0 aliphatic carbocycles. The maximum absolute atomic E-state index is 5.59. The van der Waals surface area contributed by atoms with Crippen LogP contribution >= 0.6 is 0 Å². The van der Waals surface area contributed by atoms with E-state index in [1.807, 2.05) is 24.4 Å². The third-order valence-corrected chi connectivity index (χ3v) is 6.71. The molecule has 6 heteroatoms. The Hall–Kier alpha value is -2.99. The summed E-state index contributed by atoms with van der Waals surface area (Å²) in [4.78, 5) is 7.34. The van der Waals surface area contributed by atoms with Crippen molar-refractivity contribution in [3.8, 4) is 28.5 Å². The van der Waals surface area contributed by atoms with Gasteiger partial charge in [-0.2, -0.15) is 0 Å². The molecule has 0 bridgehead atoms. The minimum Gasteiger partial charge on any atom is -0.496 e. The summed E-state index contributed by atoms with van der Waals surface area (Å²) < 4.78 is 19.0. The van der Waals surface area contributed by atoms with E-state index in [1.165, 1.54) is 17.8 Å². The molecule has 0 unspecified atom stereocenters. The monoisotopic (exact) mass is 403 g/mol. The van der Waals surface area contributed by atoms with Crippen LogP contribution in [0.4, 0.5) is 0 Å². The molecule has 0 radical (unpaired) electrons. The summed E-state index contributed by atoms with van der Waals surface area (Å²) in [6, 6.07) is 14.5. The number of benzene rings is 2. The van der Waals surface area contributed by atoms with Crippen molar-refractivity contribution in [3.05, 3.63) is 60.0 Å². The van der Waals surface area contributed by atoms with E-state index in [-0.39, 0.29) is 5.41 Å². The molecule has 6 nitrogen and oxygen atoms in total. The van der Waals surface area contributed by atoms with Crippen LogP contribution in [0, 0.1) is 5.41 Å². The van der Waals surface area contributed by atoms with Gasteiger partial charge in [-0.25, -0.2) is 4.98 Å². The van der Waals surface area contributed by atoms with E-state index in [9.17, 15) is 0 Å². The van der Waals surface area contributed by atoms with Gasteiger partial charge in [0.2, 0.25) is 6.79 Å². The van der Waals surface area contributed by atoms with Gasteiger partial charge in [0.15, 0.2) is 11.5 Å². The number of hydrogen-bond acceptors (Lipinski definition) is 5. The molecule has 1 spiro atoms. The topological polar surface area (TPSA) is 48.8 Å². The zero-order chi connectivity index (χ0) is 20.1. The number of methoxy groups -OCH3 is 1. The van der Waals surface area contributed by atoms with Gasteiger partial charge in [0.1, 0.15) is 11.6 Å². The molecular weight excluding hydrogens is 378 g/mol. The Morgan fingerprint density at radius 1 is 1.10 bits per heavy atom. The summed E-state index contributed by atoms with van der Waals surface area (Å²) in [5.74, 6) is 3.81. The first-order chi connectivity index (χ1) is 14.7. The molecule has 1 fully saturated rings. The first-order valence-electron chi connectivity index (χ1n) is 10.5. The molecular formula is C24H25N3O3. The van der Waals surface area contributed by atoms with Crippen LogP contribution in [0.3, 0.4) is 0 Å².